The minimum Gasteiger partial charge on any atom is -0.309 e. The van der Waals surface area contributed by atoms with Gasteiger partial charge in [0.05, 0.1) is 38.8 Å². The lowest BCUT2D eigenvalue weighted by Crippen LogP contribution is -1.95. The van der Waals surface area contributed by atoms with Crippen molar-refractivity contribution in [2.45, 2.75) is 0 Å². The van der Waals surface area contributed by atoms with E-state index < -0.39 is 0 Å². The number of hydrogen-bond donors (Lipinski definition) is 0. The van der Waals surface area contributed by atoms with Crippen LogP contribution in [-0.2, 0) is 0 Å². The molecule has 0 radical (unpaired) electrons. The van der Waals surface area contributed by atoms with E-state index in [2.05, 4.69) is 370 Å². The van der Waals surface area contributed by atoms with E-state index in [1.165, 1.54) is 247 Å². The molecule has 12 aromatic heterocycles. The maximum Gasteiger partial charge on any atom is 0.125 e. The van der Waals surface area contributed by atoms with E-state index in [-0.39, 0.29) is 0 Å². The van der Waals surface area contributed by atoms with Gasteiger partial charge in [0.2, 0.25) is 0 Å². The van der Waals surface area contributed by atoms with Crippen LogP contribution in [0.5, 0.6) is 0 Å². The van der Waals surface area contributed by atoms with E-state index in [1.54, 1.807) is 11.3 Å². The zero-order valence-electron chi connectivity index (χ0n) is 65.5. The second kappa shape index (κ2) is 28.4. The van der Waals surface area contributed by atoms with Gasteiger partial charge in [-0.05, 0) is 221 Å². The van der Waals surface area contributed by atoms with Crippen molar-refractivity contribution in [1.82, 2.24) is 24.1 Å². The third-order valence-electron chi connectivity index (χ3n) is 24.8. The van der Waals surface area contributed by atoms with Crippen LogP contribution in [0.25, 0.3) is 252 Å². The number of thiophene rings is 7. The first-order valence-electron chi connectivity index (χ1n) is 41.1. The van der Waals surface area contributed by atoms with Gasteiger partial charge in [0.25, 0.3) is 0 Å². The molecule has 0 unspecified atom stereocenters. The molecule has 0 saturated heterocycles. The average Bonchev–Trinajstić information content (AvgIpc) is 1.50. The molecule has 0 atom stereocenters. The van der Waals surface area contributed by atoms with E-state index >= 15 is 0 Å². The molecule has 0 fully saturated rings. The SMILES string of the molecule is c1cc(-c2ccc3c4ccccc4c4ccccc4c3c2)cc(-c2ccc3sc4sc5ccncc5c4c3c2)c1.c1cc(-c2cccc(-c3cccc4c3sc3ccccc34)c2)cc(-c2ccc3sc4sc5ncccc5c4c3c2)c1.c1ccc2c(c1)c1ccccc1n2-c1ccc2c(c1)c1ccccc1n2-c1ccc2sc3sc4cnccc4c3c2c1. The topological polar surface area (TPSA) is 48.5 Å². The van der Waals surface area contributed by atoms with Crippen LogP contribution in [0.15, 0.2) is 383 Å². The van der Waals surface area contributed by atoms with Crippen LogP contribution in [0.4, 0.5) is 0 Å². The van der Waals surface area contributed by atoms with Crippen molar-refractivity contribution in [3.8, 4) is 67.0 Å². The molecule has 0 amide bonds. The van der Waals surface area contributed by atoms with Crippen molar-refractivity contribution in [2.75, 3.05) is 0 Å². The summed E-state index contributed by atoms with van der Waals surface area (Å²) in [6, 6.07) is 129. The third-order valence-corrected chi connectivity index (χ3v) is 33.2. The van der Waals surface area contributed by atoms with Gasteiger partial charge in [-0.3, -0.25) is 9.97 Å². The summed E-state index contributed by atoms with van der Waals surface area (Å²) in [6.07, 6.45) is 9.69. The van der Waals surface area contributed by atoms with Gasteiger partial charge >= 0.3 is 0 Å². The lowest BCUT2D eigenvalue weighted by atomic mass is 9.91. The fourth-order valence-electron chi connectivity index (χ4n) is 19.2. The summed E-state index contributed by atoms with van der Waals surface area (Å²) >= 11 is 13.0. The first kappa shape index (κ1) is 70.9. The Labute approximate surface area is 731 Å². The summed E-state index contributed by atoms with van der Waals surface area (Å²) in [5.74, 6) is 0. The standard InChI is InChI=1S/C37H21N3S2.C37H21NS3.C37H21NS2/c1-4-10-30-24(7-1)25-8-2-5-11-31(25)39(30)22-13-15-33-28(19-22)26-9-3-6-12-32(26)40(33)23-14-16-34-29(20-23)36-27-17-18-38-21-35(27)42-37(36)41-34;1-2-15-32-28(11-1)29-13-5-12-27(35(29)39-32)26-10-4-9-24(20-26)22-7-3-8-23(19-22)25-16-17-33-31(21-25)34-30-14-6-18-38-36(30)41-37(34)40-33;1-2-10-28-26(8-1)27-9-3-4-11-29(27)31-19-24(12-14-30(28)31)22-6-5-7-23(18-22)25-13-15-34-32(20-25)36-33-21-38-17-16-35(33)40-37(36)39-34/h1-21H;1-21H;1-21H. The summed E-state index contributed by atoms with van der Waals surface area (Å²) in [5, 5.41) is 27.4. The van der Waals surface area contributed by atoms with Gasteiger partial charge in [0.15, 0.2) is 0 Å². The summed E-state index contributed by atoms with van der Waals surface area (Å²) < 4.78 is 18.2. The summed E-state index contributed by atoms with van der Waals surface area (Å²) in [6.45, 7) is 0. The zero-order valence-corrected chi connectivity index (χ0v) is 71.2. The maximum absolute atomic E-state index is 4.61. The number of hydrogen-bond acceptors (Lipinski definition) is 10. The lowest BCUT2D eigenvalue weighted by molar-refractivity contribution is 1.17. The Morgan fingerprint density at radius 3 is 1.22 bits per heavy atom. The molecular formula is C111H63N5S7. The molecule has 0 aliphatic heterocycles. The number of para-hydroxylation sites is 3. The summed E-state index contributed by atoms with van der Waals surface area (Å²) in [7, 11) is 0. The molecule has 123 heavy (non-hydrogen) atoms. The van der Waals surface area contributed by atoms with Crippen LogP contribution in [0.3, 0.4) is 0 Å². The Morgan fingerprint density at radius 2 is 0.593 bits per heavy atom. The Bertz CT molecular complexity index is 9190. The van der Waals surface area contributed by atoms with Crippen LogP contribution in [0.2, 0.25) is 0 Å². The molecule has 0 aliphatic rings. The zero-order chi connectivity index (χ0) is 80.5. The van der Waals surface area contributed by atoms with Gasteiger partial charge in [-0.15, -0.1) is 79.4 Å². The van der Waals surface area contributed by atoms with E-state index in [0.29, 0.717) is 0 Å². The third kappa shape index (κ3) is 11.4. The normalized spacial score (nSPS) is 12.1. The summed E-state index contributed by atoms with van der Waals surface area (Å²) in [5.41, 5.74) is 19.7. The number of pyridine rings is 3. The molecule has 16 aromatic carbocycles. The van der Waals surface area contributed by atoms with Crippen LogP contribution in [0.1, 0.15) is 0 Å². The highest BCUT2D eigenvalue weighted by Gasteiger charge is 2.23. The number of fused-ring (bicyclic) bond motifs is 30. The second-order valence-electron chi connectivity index (χ2n) is 31.6. The van der Waals surface area contributed by atoms with Gasteiger partial charge in [0, 0.05) is 151 Å². The average molecular weight is 1690 g/mol. The van der Waals surface area contributed by atoms with Crippen molar-refractivity contribution in [3.63, 3.8) is 0 Å². The predicted molar refractivity (Wildman–Crippen MR) is 539 cm³/mol. The second-order valence-corrected chi connectivity index (χ2v) is 39.7. The van der Waals surface area contributed by atoms with Crippen molar-refractivity contribution < 1.29 is 0 Å². The number of aromatic nitrogens is 5. The Hall–Kier alpha value is -13.9. The largest absolute Gasteiger partial charge is 0.309 e. The first-order valence-corrected chi connectivity index (χ1v) is 46.8. The number of nitrogens with zero attached hydrogens (tertiary/aromatic N) is 5. The molecule has 0 N–H and O–H groups in total. The highest BCUT2D eigenvalue weighted by Crippen LogP contribution is 2.51. The van der Waals surface area contributed by atoms with Crippen LogP contribution < -0.4 is 0 Å². The van der Waals surface area contributed by atoms with Crippen molar-refractivity contribution >= 4 is 264 Å². The van der Waals surface area contributed by atoms with E-state index in [9.17, 15) is 0 Å². The molecule has 12 heterocycles. The van der Waals surface area contributed by atoms with Crippen LogP contribution in [-0.4, -0.2) is 24.1 Å². The van der Waals surface area contributed by atoms with Gasteiger partial charge in [-0.1, -0.05) is 218 Å². The molecule has 0 bridgehead atoms. The summed E-state index contributed by atoms with van der Waals surface area (Å²) in [4.78, 5) is 14.5. The lowest BCUT2D eigenvalue weighted by Gasteiger charge is -2.12. The molecule has 28 aromatic rings. The predicted octanol–water partition coefficient (Wildman–Crippen LogP) is 34.3. The monoisotopic (exact) mass is 1690 g/mol. The minimum absolute atomic E-state index is 1.12. The highest BCUT2D eigenvalue weighted by atomic mass is 32.2. The molecule has 0 aliphatic carbocycles. The van der Waals surface area contributed by atoms with E-state index in [0.717, 1.165) is 4.83 Å². The maximum atomic E-state index is 4.61. The van der Waals surface area contributed by atoms with Gasteiger partial charge in [-0.25, -0.2) is 4.98 Å². The van der Waals surface area contributed by atoms with E-state index in [4.69, 9.17) is 0 Å². The van der Waals surface area contributed by atoms with Gasteiger partial charge in [-0.2, -0.15) is 0 Å². The smallest absolute Gasteiger partial charge is 0.125 e. The Kier molecular flexibility index (Phi) is 16.4. The number of rotatable bonds is 7. The fraction of sp³-hybridized carbons (Fsp3) is 0. The Morgan fingerprint density at radius 1 is 0.195 bits per heavy atom. The Balaban J connectivity index is 0.0000000990. The molecule has 5 nitrogen and oxygen atoms in total. The quantitative estimate of drug-likeness (QED) is 0.149. The first-order chi connectivity index (χ1) is 60.9. The molecule has 28 rings (SSSR count). The molecule has 12 heteroatoms. The fourth-order valence-corrected chi connectivity index (χ4v) is 28.1. The van der Waals surface area contributed by atoms with Crippen molar-refractivity contribution in [1.29, 1.82) is 0 Å². The van der Waals surface area contributed by atoms with Crippen LogP contribution >= 0.6 is 79.4 Å². The van der Waals surface area contributed by atoms with Gasteiger partial charge in [0.1, 0.15) is 4.83 Å². The van der Waals surface area contributed by atoms with Gasteiger partial charge < -0.3 is 9.13 Å². The minimum atomic E-state index is 1.12. The molecule has 574 valence electrons. The highest BCUT2D eigenvalue weighted by molar-refractivity contribution is 7.45. The molecule has 0 spiro atoms. The molecule has 0 saturated carbocycles. The van der Waals surface area contributed by atoms with Crippen molar-refractivity contribution in [3.05, 3.63) is 383 Å². The van der Waals surface area contributed by atoms with Crippen molar-refractivity contribution in [2.24, 2.45) is 0 Å². The molecular weight excluding hydrogens is 1630 g/mol. The number of benzene rings is 16. The van der Waals surface area contributed by atoms with E-state index in [1.807, 2.05) is 105 Å². The van der Waals surface area contributed by atoms with Crippen LogP contribution in [0, 0.1) is 0 Å².